The van der Waals surface area contributed by atoms with E-state index in [2.05, 4.69) is 36.5 Å². The van der Waals surface area contributed by atoms with Crippen molar-refractivity contribution in [2.24, 2.45) is 5.73 Å². The van der Waals surface area contributed by atoms with E-state index in [0.717, 1.165) is 29.9 Å². The molecule has 1 amide bonds. The van der Waals surface area contributed by atoms with E-state index >= 15 is 0 Å². The number of ether oxygens (including phenoxy) is 1. The van der Waals surface area contributed by atoms with Crippen molar-refractivity contribution >= 4 is 11.5 Å². The molecule has 1 heterocycles. The Balaban J connectivity index is 1.82. The minimum absolute atomic E-state index is 0.105. The number of hydrogen-bond donors (Lipinski definition) is 2. The fraction of sp³-hybridized carbons (Fsp3) is 0.478. The fourth-order valence-electron chi connectivity index (χ4n) is 3.78. The van der Waals surface area contributed by atoms with Gasteiger partial charge in [-0.3, -0.25) is 4.79 Å². The van der Waals surface area contributed by atoms with Crippen LogP contribution in [0.4, 0.5) is 0 Å². The van der Waals surface area contributed by atoms with Crippen LogP contribution in [0.1, 0.15) is 57.1 Å². The van der Waals surface area contributed by atoms with Crippen LogP contribution in [-0.2, 0) is 16.0 Å². The Morgan fingerprint density at radius 3 is 2.69 bits per heavy atom. The summed E-state index contributed by atoms with van der Waals surface area (Å²) in [6.45, 7) is 5.71. The Morgan fingerprint density at radius 2 is 2.03 bits per heavy atom. The lowest BCUT2D eigenvalue weighted by molar-refractivity contribution is -0.121. The predicted molar refractivity (Wildman–Crippen MR) is 113 cm³/mol. The van der Waals surface area contributed by atoms with Crippen LogP contribution in [0.15, 0.2) is 47.0 Å². The van der Waals surface area contributed by atoms with Gasteiger partial charge in [-0.25, -0.2) is 0 Å². The Bertz CT molecular complexity index is 827. The zero-order chi connectivity index (χ0) is 20.8. The number of hydrogen-bond acceptors (Lipinski definition) is 5. The van der Waals surface area contributed by atoms with Crippen molar-refractivity contribution in [1.29, 1.82) is 0 Å². The summed E-state index contributed by atoms with van der Waals surface area (Å²) in [5.74, 6) is 0.703. The number of carbonyl (C=O) groups excluding carboxylic acids is 1. The molecule has 0 bridgehead atoms. The molecule has 3 rings (SSSR count). The molecule has 3 atom stereocenters. The van der Waals surface area contributed by atoms with Gasteiger partial charge in [0, 0.05) is 25.5 Å². The molecule has 6 heteroatoms. The van der Waals surface area contributed by atoms with Crippen molar-refractivity contribution in [1.82, 2.24) is 10.5 Å². The van der Waals surface area contributed by atoms with Crippen molar-refractivity contribution in [3.05, 3.63) is 59.5 Å². The monoisotopic (exact) mass is 397 g/mol. The van der Waals surface area contributed by atoms with Gasteiger partial charge in [0.1, 0.15) is 11.5 Å². The zero-order valence-corrected chi connectivity index (χ0v) is 17.4. The van der Waals surface area contributed by atoms with Crippen molar-refractivity contribution in [2.75, 3.05) is 0 Å². The van der Waals surface area contributed by atoms with Crippen molar-refractivity contribution in [2.45, 2.75) is 70.7 Å². The van der Waals surface area contributed by atoms with Gasteiger partial charge in [-0.2, -0.15) is 0 Å². The number of aromatic nitrogens is 1. The van der Waals surface area contributed by atoms with Crippen LogP contribution in [0.2, 0.25) is 0 Å². The van der Waals surface area contributed by atoms with E-state index in [1.54, 1.807) is 0 Å². The van der Waals surface area contributed by atoms with E-state index in [-0.39, 0.29) is 30.2 Å². The molecule has 1 aromatic carbocycles. The summed E-state index contributed by atoms with van der Waals surface area (Å²) >= 11 is 0. The van der Waals surface area contributed by atoms with E-state index in [4.69, 9.17) is 15.0 Å². The summed E-state index contributed by atoms with van der Waals surface area (Å²) in [5, 5.41) is 7.24. The molecule has 156 valence electrons. The Labute approximate surface area is 172 Å². The first-order valence-electron chi connectivity index (χ1n) is 10.4. The molecule has 1 aromatic heterocycles. The van der Waals surface area contributed by atoms with Crippen LogP contribution in [0, 0.1) is 0 Å². The molecule has 0 aliphatic heterocycles. The van der Waals surface area contributed by atoms with Crippen LogP contribution in [0.3, 0.4) is 0 Å². The van der Waals surface area contributed by atoms with E-state index < -0.39 is 0 Å². The van der Waals surface area contributed by atoms with E-state index in [0.29, 0.717) is 12.8 Å². The minimum Gasteiger partial charge on any atom is -0.369 e. The lowest BCUT2D eigenvalue weighted by Crippen LogP contribution is -2.56. The lowest BCUT2D eigenvalue weighted by atomic mass is 9.86. The number of rotatable bonds is 8. The number of nitrogens with one attached hydrogen (secondary N) is 1. The third-order valence-electron chi connectivity index (χ3n) is 5.38. The number of benzene rings is 1. The van der Waals surface area contributed by atoms with Gasteiger partial charge in [0.2, 0.25) is 5.91 Å². The van der Waals surface area contributed by atoms with Gasteiger partial charge in [-0.15, -0.1) is 0 Å². The number of nitrogens with two attached hydrogens (primary N) is 1. The molecule has 1 aliphatic rings. The molecule has 0 saturated carbocycles. The molecular weight excluding hydrogens is 366 g/mol. The predicted octanol–water partition coefficient (Wildman–Crippen LogP) is 3.46. The second kappa shape index (κ2) is 9.85. The first kappa shape index (κ1) is 21.3. The maximum Gasteiger partial charge on any atom is 0.217 e. The summed E-state index contributed by atoms with van der Waals surface area (Å²) in [5.41, 5.74) is 9.39. The lowest BCUT2D eigenvalue weighted by Gasteiger charge is -2.36. The summed E-state index contributed by atoms with van der Waals surface area (Å²) in [4.78, 5) is 11.7. The van der Waals surface area contributed by atoms with E-state index in [1.165, 1.54) is 12.5 Å². The largest absolute Gasteiger partial charge is 0.369 e. The average molecular weight is 398 g/mol. The first-order chi connectivity index (χ1) is 14.0. The molecular formula is C23H31N3O3. The van der Waals surface area contributed by atoms with Crippen LogP contribution >= 0.6 is 0 Å². The van der Waals surface area contributed by atoms with Gasteiger partial charge in [-0.1, -0.05) is 49.3 Å². The SMILES string of the molecule is CCC(CC)O[C@@H]1C=C(c2cc(Cc3ccccc3)on2)C[C@H](N)[C@H]1NC(C)=O. The quantitative estimate of drug-likeness (QED) is 0.712. The van der Waals surface area contributed by atoms with Gasteiger partial charge in [0.05, 0.1) is 18.2 Å². The summed E-state index contributed by atoms with van der Waals surface area (Å²) in [7, 11) is 0. The highest BCUT2D eigenvalue weighted by Gasteiger charge is 2.34. The number of nitrogens with zero attached hydrogens (tertiary/aromatic N) is 1. The van der Waals surface area contributed by atoms with Crippen molar-refractivity contribution < 1.29 is 14.1 Å². The highest BCUT2D eigenvalue weighted by Crippen LogP contribution is 2.29. The topological polar surface area (TPSA) is 90.4 Å². The molecule has 1 aliphatic carbocycles. The molecule has 29 heavy (non-hydrogen) atoms. The second-order valence-corrected chi connectivity index (χ2v) is 7.67. The Kier molecular flexibility index (Phi) is 7.23. The Morgan fingerprint density at radius 1 is 1.31 bits per heavy atom. The first-order valence-corrected chi connectivity index (χ1v) is 10.4. The second-order valence-electron chi connectivity index (χ2n) is 7.67. The smallest absolute Gasteiger partial charge is 0.217 e. The van der Waals surface area contributed by atoms with Gasteiger partial charge in [-0.05, 0) is 36.5 Å². The summed E-state index contributed by atoms with van der Waals surface area (Å²) in [6.07, 6.45) is 4.97. The highest BCUT2D eigenvalue weighted by molar-refractivity contribution is 5.74. The van der Waals surface area contributed by atoms with Gasteiger partial charge in [0.15, 0.2) is 0 Å². The van der Waals surface area contributed by atoms with Crippen molar-refractivity contribution in [3.63, 3.8) is 0 Å². The minimum atomic E-state index is -0.295. The maximum atomic E-state index is 11.7. The normalized spacial score (nSPS) is 21.8. The van der Waals surface area contributed by atoms with Gasteiger partial charge >= 0.3 is 0 Å². The van der Waals surface area contributed by atoms with Gasteiger partial charge in [0.25, 0.3) is 0 Å². The Hall–Kier alpha value is -2.44. The molecule has 0 spiro atoms. The summed E-state index contributed by atoms with van der Waals surface area (Å²) in [6, 6.07) is 11.6. The zero-order valence-electron chi connectivity index (χ0n) is 17.4. The maximum absolute atomic E-state index is 11.7. The molecule has 0 saturated heterocycles. The van der Waals surface area contributed by atoms with Crippen LogP contribution in [-0.4, -0.2) is 35.4 Å². The van der Waals surface area contributed by atoms with Crippen molar-refractivity contribution in [3.8, 4) is 0 Å². The van der Waals surface area contributed by atoms with Gasteiger partial charge < -0.3 is 20.3 Å². The highest BCUT2D eigenvalue weighted by atomic mass is 16.5. The molecule has 0 unspecified atom stereocenters. The summed E-state index contributed by atoms with van der Waals surface area (Å²) < 4.78 is 11.9. The molecule has 0 fully saturated rings. The fourth-order valence-corrected chi connectivity index (χ4v) is 3.78. The third-order valence-corrected chi connectivity index (χ3v) is 5.38. The van der Waals surface area contributed by atoms with Crippen LogP contribution < -0.4 is 11.1 Å². The third kappa shape index (κ3) is 5.55. The molecule has 2 aromatic rings. The number of amides is 1. The molecule has 3 N–H and O–H groups in total. The molecule has 0 radical (unpaired) electrons. The standard InChI is InChI=1S/C23H31N3O3/c1-4-18(5-2)28-22-13-17(12-20(24)23(22)25-15(3)27)21-14-19(29-26-21)11-16-9-7-6-8-10-16/h6-10,13-14,18,20,22-23H,4-5,11-12,24H2,1-3H3,(H,25,27)/t20-,22+,23+/m0/s1. The number of carbonyl (C=O) groups is 1. The van der Waals surface area contributed by atoms with E-state index in [9.17, 15) is 4.79 Å². The van der Waals surface area contributed by atoms with Crippen LogP contribution in [0.25, 0.3) is 5.57 Å². The van der Waals surface area contributed by atoms with Crippen LogP contribution in [0.5, 0.6) is 0 Å². The average Bonchev–Trinajstić information content (AvgIpc) is 3.17. The van der Waals surface area contributed by atoms with E-state index in [1.807, 2.05) is 30.3 Å². The molecule has 6 nitrogen and oxygen atoms in total.